The van der Waals surface area contributed by atoms with Gasteiger partial charge in [0.2, 0.25) is 0 Å². The summed E-state index contributed by atoms with van der Waals surface area (Å²) >= 11 is 0. The molecule has 0 heterocycles. The van der Waals surface area contributed by atoms with Crippen molar-refractivity contribution in [1.82, 2.24) is 0 Å². The minimum atomic E-state index is -0.842. The summed E-state index contributed by atoms with van der Waals surface area (Å²) in [7, 11) is 0. The number of nitrogens with two attached hydrogens (primary N) is 1. The smallest absolute Gasteiger partial charge is 0.115 e. The maximum Gasteiger partial charge on any atom is 0.115 e. The van der Waals surface area contributed by atoms with E-state index in [-0.39, 0.29) is 6.04 Å². The molecule has 0 aliphatic heterocycles. The zero-order chi connectivity index (χ0) is 8.27. The predicted molar refractivity (Wildman–Crippen MR) is 41.9 cm³/mol. The van der Waals surface area contributed by atoms with E-state index in [0.717, 1.165) is 12.8 Å². The maximum atomic E-state index is 11.8. The first kappa shape index (κ1) is 8.94. The summed E-state index contributed by atoms with van der Waals surface area (Å²) in [6.07, 6.45) is 3.12. The Morgan fingerprint density at radius 1 is 1.55 bits per heavy atom. The SMILES string of the molecule is NC(CC(O)CF)C1CCC1. The number of rotatable bonds is 4. The molecule has 0 radical (unpaired) electrons. The molecule has 1 aliphatic carbocycles. The van der Waals surface area contributed by atoms with Gasteiger partial charge in [0.05, 0.1) is 6.10 Å². The highest BCUT2D eigenvalue weighted by molar-refractivity contribution is 4.81. The van der Waals surface area contributed by atoms with Gasteiger partial charge >= 0.3 is 0 Å². The van der Waals surface area contributed by atoms with Gasteiger partial charge in [-0.25, -0.2) is 4.39 Å². The average molecular weight is 161 g/mol. The summed E-state index contributed by atoms with van der Waals surface area (Å²) < 4.78 is 11.8. The third-order valence-electron chi connectivity index (χ3n) is 2.48. The fraction of sp³-hybridized carbons (Fsp3) is 1.00. The van der Waals surface area contributed by atoms with E-state index in [2.05, 4.69) is 0 Å². The Morgan fingerprint density at radius 2 is 2.18 bits per heavy atom. The number of halogens is 1. The van der Waals surface area contributed by atoms with Crippen LogP contribution in [0.5, 0.6) is 0 Å². The predicted octanol–water partition coefficient (Wildman–Crippen LogP) is 0.834. The molecule has 0 saturated heterocycles. The van der Waals surface area contributed by atoms with Gasteiger partial charge in [-0.2, -0.15) is 0 Å². The van der Waals surface area contributed by atoms with Crippen molar-refractivity contribution in [3.63, 3.8) is 0 Å². The van der Waals surface area contributed by atoms with Crippen molar-refractivity contribution in [2.24, 2.45) is 11.7 Å². The van der Waals surface area contributed by atoms with Gasteiger partial charge in [-0.05, 0) is 25.2 Å². The number of hydrogen-bond donors (Lipinski definition) is 2. The van der Waals surface area contributed by atoms with Crippen molar-refractivity contribution < 1.29 is 9.50 Å². The van der Waals surface area contributed by atoms with E-state index in [1.54, 1.807) is 0 Å². The first-order valence-electron chi connectivity index (χ1n) is 4.23. The quantitative estimate of drug-likeness (QED) is 0.641. The summed E-state index contributed by atoms with van der Waals surface area (Å²) in [4.78, 5) is 0. The second-order valence-electron chi connectivity index (χ2n) is 3.40. The van der Waals surface area contributed by atoms with Gasteiger partial charge in [-0.3, -0.25) is 0 Å². The molecular weight excluding hydrogens is 145 g/mol. The summed E-state index contributed by atoms with van der Waals surface area (Å²) in [5.41, 5.74) is 5.73. The van der Waals surface area contributed by atoms with Gasteiger partial charge < -0.3 is 10.8 Å². The van der Waals surface area contributed by atoms with Gasteiger partial charge in [0.25, 0.3) is 0 Å². The topological polar surface area (TPSA) is 46.2 Å². The van der Waals surface area contributed by atoms with E-state index in [4.69, 9.17) is 10.8 Å². The summed E-state index contributed by atoms with van der Waals surface area (Å²) in [5.74, 6) is 0.538. The van der Waals surface area contributed by atoms with E-state index in [0.29, 0.717) is 12.3 Å². The third kappa shape index (κ3) is 2.42. The van der Waals surface area contributed by atoms with Gasteiger partial charge in [0.15, 0.2) is 0 Å². The monoisotopic (exact) mass is 161 g/mol. The van der Waals surface area contributed by atoms with Crippen molar-refractivity contribution in [1.29, 1.82) is 0 Å². The first-order chi connectivity index (χ1) is 5.24. The van der Waals surface area contributed by atoms with Crippen LogP contribution in [0.15, 0.2) is 0 Å². The van der Waals surface area contributed by atoms with Gasteiger partial charge in [-0.1, -0.05) is 6.42 Å². The number of aliphatic hydroxyl groups excluding tert-OH is 1. The lowest BCUT2D eigenvalue weighted by Gasteiger charge is -2.31. The molecule has 0 bridgehead atoms. The molecule has 66 valence electrons. The lowest BCUT2D eigenvalue weighted by molar-refractivity contribution is 0.104. The Hall–Kier alpha value is -0.150. The van der Waals surface area contributed by atoms with Crippen molar-refractivity contribution in [3.8, 4) is 0 Å². The van der Waals surface area contributed by atoms with Crippen LogP contribution in [-0.4, -0.2) is 23.9 Å². The van der Waals surface area contributed by atoms with Gasteiger partial charge in [0.1, 0.15) is 6.67 Å². The lowest BCUT2D eigenvalue weighted by Crippen LogP contribution is -2.37. The minimum absolute atomic E-state index is 0.00880. The number of alkyl halides is 1. The summed E-state index contributed by atoms with van der Waals surface area (Å²) in [6.45, 7) is -0.666. The molecule has 3 N–H and O–H groups in total. The normalized spacial score (nSPS) is 24.3. The maximum absolute atomic E-state index is 11.8. The largest absolute Gasteiger partial charge is 0.390 e. The molecule has 1 rings (SSSR count). The molecule has 1 saturated carbocycles. The zero-order valence-electron chi connectivity index (χ0n) is 6.67. The Morgan fingerprint density at radius 3 is 2.55 bits per heavy atom. The number of aliphatic hydroxyl groups is 1. The second-order valence-corrected chi connectivity index (χ2v) is 3.40. The average Bonchev–Trinajstić information content (AvgIpc) is 1.83. The first-order valence-corrected chi connectivity index (χ1v) is 4.23. The van der Waals surface area contributed by atoms with Crippen LogP contribution < -0.4 is 5.73 Å². The fourth-order valence-corrected chi connectivity index (χ4v) is 1.44. The van der Waals surface area contributed by atoms with Crippen LogP contribution in [0.25, 0.3) is 0 Å². The molecule has 0 amide bonds. The van der Waals surface area contributed by atoms with Crippen molar-refractivity contribution in [2.45, 2.75) is 37.8 Å². The van der Waals surface area contributed by atoms with Crippen LogP contribution in [0.2, 0.25) is 0 Å². The summed E-state index contributed by atoms with van der Waals surface area (Å²) in [6, 6.07) is 0.00880. The molecule has 1 aliphatic rings. The van der Waals surface area contributed by atoms with E-state index >= 15 is 0 Å². The Bertz CT molecular complexity index is 117. The fourth-order valence-electron chi connectivity index (χ4n) is 1.44. The highest BCUT2D eigenvalue weighted by Crippen LogP contribution is 2.30. The second kappa shape index (κ2) is 4.02. The Labute approximate surface area is 66.6 Å². The van der Waals surface area contributed by atoms with Crippen molar-refractivity contribution >= 4 is 0 Å². The van der Waals surface area contributed by atoms with Gasteiger partial charge in [0, 0.05) is 6.04 Å². The molecule has 2 nitrogen and oxygen atoms in total. The molecular formula is C8H16FNO. The molecule has 1 fully saturated rings. The standard InChI is InChI=1S/C8H16FNO/c9-5-7(11)4-8(10)6-2-1-3-6/h6-8,11H,1-5,10H2. The van der Waals surface area contributed by atoms with Crippen LogP contribution in [0.3, 0.4) is 0 Å². The third-order valence-corrected chi connectivity index (χ3v) is 2.48. The molecule has 0 aromatic rings. The van der Waals surface area contributed by atoms with Crippen LogP contribution in [0, 0.1) is 5.92 Å². The molecule has 2 unspecified atom stereocenters. The van der Waals surface area contributed by atoms with Crippen LogP contribution >= 0.6 is 0 Å². The zero-order valence-corrected chi connectivity index (χ0v) is 6.67. The molecule has 11 heavy (non-hydrogen) atoms. The van der Waals surface area contributed by atoms with Crippen LogP contribution in [0.4, 0.5) is 4.39 Å². The summed E-state index contributed by atoms with van der Waals surface area (Å²) in [5, 5.41) is 8.94. The highest BCUT2D eigenvalue weighted by Gasteiger charge is 2.25. The molecule has 2 atom stereocenters. The molecule has 0 aromatic carbocycles. The van der Waals surface area contributed by atoms with E-state index in [1.165, 1.54) is 6.42 Å². The Balaban J connectivity index is 2.13. The van der Waals surface area contributed by atoms with Crippen molar-refractivity contribution in [3.05, 3.63) is 0 Å². The molecule has 3 heteroatoms. The van der Waals surface area contributed by atoms with Gasteiger partial charge in [-0.15, -0.1) is 0 Å². The Kier molecular flexibility index (Phi) is 3.27. The highest BCUT2D eigenvalue weighted by atomic mass is 19.1. The molecule has 0 spiro atoms. The van der Waals surface area contributed by atoms with E-state index in [9.17, 15) is 4.39 Å². The van der Waals surface area contributed by atoms with Crippen LogP contribution in [-0.2, 0) is 0 Å². The molecule has 0 aromatic heterocycles. The lowest BCUT2D eigenvalue weighted by atomic mass is 9.78. The number of hydrogen-bond acceptors (Lipinski definition) is 2. The van der Waals surface area contributed by atoms with E-state index in [1.807, 2.05) is 0 Å². The van der Waals surface area contributed by atoms with Crippen molar-refractivity contribution in [2.75, 3.05) is 6.67 Å². The van der Waals surface area contributed by atoms with Crippen LogP contribution in [0.1, 0.15) is 25.7 Å². The minimum Gasteiger partial charge on any atom is -0.390 e. The van der Waals surface area contributed by atoms with E-state index < -0.39 is 12.8 Å².